The van der Waals surface area contributed by atoms with Crippen LogP contribution in [0.2, 0.25) is 0 Å². The summed E-state index contributed by atoms with van der Waals surface area (Å²) in [6, 6.07) is 4.76. The molecule has 1 aliphatic carbocycles. The average Bonchev–Trinajstić information content (AvgIpc) is 3.14. The Labute approximate surface area is 130 Å². The summed E-state index contributed by atoms with van der Waals surface area (Å²) in [4.78, 5) is 9.58. The van der Waals surface area contributed by atoms with Crippen LogP contribution in [0.25, 0.3) is 11.2 Å². The zero-order valence-electron chi connectivity index (χ0n) is 12.5. The van der Waals surface area contributed by atoms with E-state index in [1.165, 1.54) is 55.9 Å². The predicted molar refractivity (Wildman–Crippen MR) is 88.8 cm³/mol. The largest absolute Gasteiger partial charge is 0.310 e. The highest BCUT2D eigenvalue weighted by Crippen LogP contribution is 2.34. The summed E-state index contributed by atoms with van der Waals surface area (Å²) in [6.07, 6.45) is 11.1. The zero-order chi connectivity index (χ0) is 14.1. The van der Waals surface area contributed by atoms with Crippen molar-refractivity contribution in [1.82, 2.24) is 14.5 Å². The maximum Gasteiger partial charge on any atom is 0.160 e. The minimum Gasteiger partial charge on any atom is -0.310 e. The van der Waals surface area contributed by atoms with E-state index in [9.17, 15) is 0 Å². The molecule has 2 aromatic rings. The molecule has 0 amide bonds. The number of nitrogens with zero attached hydrogens (tertiary/aromatic N) is 3. The molecule has 1 atom stereocenters. The van der Waals surface area contributed by atoms with Gasteiger partial charge in [-0.25, -0.2) is 9.97 Å². The van der Waals surface area contributed by atoms with Gasteiger partial charge in [-0.15, -0.1) is 0 Å². The molecule has 21 heavy (non-hydrogen) atoms. The molecule has 3 nitrogen and oxygen atoms in total. The Morgan fingerprint density at radius 3 is 2.90 bits per heavy atom. The fourth-order valence-electron chi connectivity index (χ4n) is 3.89. The fraction of sp³-hybridized carbons (Fsp3) is 0.647. The van der Waals surface area contributed by atoms with Gasteiger partial charge in [0.1, 0.15) is 11.3 Å². The second-order valence-corrected chi connectivity index (χ2v) is 7.62. The lowest BCUT2D eigenvalue weighted by atomic mass is 10.0. The molecule has 4 heteroatoms. The Morgan fingerprint density at radius 2 is 2.10 bits per heavy atom. The van der Waals surface area contributed by atoms with E-state index in [1.54, 1.807) is 0 Å². The van der Waals surface area contributed by atoms with E-state index in [4.69, 9.17) is 4.98 Å². The van der Waals surface area contributed by atoms with Gasteiger partial charge in [0, 0.05) is 18.7 Å². The smallest absolute Gasteiger partial charge is 0.160 e. The third-order valence-corrected chi connectivity index (χ3v) is 6.22. The normalized spacial score (nSPS) is 23.9. The van der Waals surface area contributed by atoms with Crippen molar-refractivity contribution in [3.8, 4) is 0 Å². The highest BCUT2D eigenvalue weighted by atomic mass is 32.2. The number of hydrogen-bond acceptors (Lipinski definition) is 3. The number of imidazole rings is 1. The van der Waals surface area contributed by atoms with E-state index in [2.05, 4.69) is 27.4 Å². The highest BCUT2D eigenvalue weighted by Gasteiger charge is 2.25. The zero-order valence-corrected chi connectivity index (χ0v) is 13.3. The van der Waals surface area contributed by atoms with Crippen LogP contribution >= 0.6 is 11.8 Å². The molecule has 0 N–H and O–H groups in total. The van der Waals surface area contributed by atoms with Crippen molar-refractivity contribution in [1.29, 1.82) is 0 Å². The van der Waals surface area contributed by atoms with Gasteiger partial charge in [0.2, 0.25) is 0 Å². The van der Waals surface area contributed by atoms with E-state index in [0.717, 1.165) is 23.5 Å². The van der Waals surface area contributed by atoms with Gasteiger partial charge >= 0.3 is 0 Å². The molecule has 2 fully saturated rings. The van der Waals surface area contributed by atoms with E-state index >= 15 is 0 Å². The lowest BCUT2D eigenvalue weighted by Crippen LogP contribution is -2.18. The summed E-state index contributed by atoms with van der Waals surface area (Å²) in [7, 11) is 0. The first-order valence-electron chi connectivity index (χ1n) is 8.31. The Bertz CT molecular complexity index is 610. The van der Waals surface area contributed by atoms with E-state index < -0.39 is 0 Å². The van der Waals surface area contributed by atoms with Gasteiger partial charge in [0.05, 0.1) is 0 Å². The van der Waals surface area contributed by atoms with Crippen LogP contribution in [0.3, 0.4) is 0 Å². The number of thioether (sulfide) groups is 1. The summed E-state index contributed by atoms with van der Waals surface area (Å²) in [6.45, 7) is 0. The van der Waals surface area contributed by atoms with E-state index in [1.807, 2.05) is 12.3 Å². The van der Waals surface area contributed by atoms with Crippen LogP contribution in [-0.2, 0) is 6.42 Å². The van der Waals surface area contributed by atoms with Crippen molar-refractivity contribution in [3.05, 3.63) is 24.2 Å². The Balaban J connectivity index is 1.70. The predicted octanol–water partition coefficient (Wildman–Crippen LogP) is 4.23. The molecule has 1 saturated carbocycles. The van der Waals surface area contributed by atoms with Crippen LogP contribution in [0.4, 0.5) is 0 Å². The van der Waals surface area contributed by atoms with Gasteiger partial charge in [-0.05, 0) is 55.2 Å². The van der Waals surface area contributed by atoms with E-state index in [-0.39, 0.29) is 0 Å². The quantitative estimate of drug-likeness (QED) is 0.850. The number of rotatable bonds is 3. The molecule has 0 radical (unpaired) electrons. The van der Waals surface area contributed by atoms with Gasteiger partial charge in [-0.3, -0.25) is 0 Å². The summed E-state index contributed by atoms with van der Waals surface area (Å²) < 4.78 is 2.49. The monoisotopic (exact) mass is 301 g/mol. The number of aromatic nitrogens is 3. The minimum atomic E-state index is 0.635. The Kier molecular flexibility index (Phi) is 3.89. The Morgan fingerprint density at radius 1 is 1.19 bits per heavy atom. The first-order valence-corrected chi connectivity index (χ1v) is 9.47. The second kappa shape index (κ2) is 5.99. The van der Waals surface area contributed by atoms with Crippen LogP contribution in [-0.4, -0.2) is 26.0 Å². The van der Waals surface area contributed by atoms with Crippen LogP contribution in [0.15, 0.2) is 18.3 Å². The van der Waals surface area contributed by atoms with Gasteiger partial charge < -0.3 is 4.57 Å². The van der Waals surface area contributed by atoms with Crippen molar-refractivity contribution in [2.75, 3.05) is 11.5 Å². The van der Waals surface area contributed by atoms with Gasteiger partial charge in [0.15, 0.2) is 5.65 Å². The molecule has 1 saturated heterocycles. The molecule has 1 aliphatic heterocycles. The molecule has 2 aliphatic rings. The lowest BCUT2D eigenvalue weighted by molar-refractivity contribution is 0.459. The average molecular weight is 301 g/mol. The topological polar surface area (TPSA) is 30.7 Å². The summed E-state index contributed by atoms with van der Waals surface area (Å²) >= 11 is 2.11. The highest BCUT2D eigenvalue weighted by molar-refractivity contribution is 7.99. The SMILES string of the molecule is c1cnc2c(c1)nc(CC1CCCSC1)n2C1CCCC1. The first kappa shape index (κ1) is 13.6. The fourth-order valence-corrected chi connectivity index (χ4v) is 5.05. The van der Waals surface area contributed by atoms with Crippen LogP contribution in [0, 0.1) is 5.92 Å². The van der Waals surface area contributed by atoms with Crippen LogP contribution in [0.1, 0.15) is 50.4 Å². The summed E-state index contributed by atoms with van der Waals surface area (Å²) in [5, 5.41) is 0. The van der Waals surface area contributed by atoms with Crippen molar-refractivity contribution in [2.24, 2.45) is 5.92 Å². The maximum absolute atomic E-state index is 4.94. The van der Waals surface area contributed by atoms with Gasteiger partial charge in [-0.1, -0.05) is 12.8 Å². The summed E-state index contributed by atoms with van der Waals surface area (Å²) in [5.74, 6) is 4.75. The lowest BCUT2D eigenvalue weighted by Gasteiger charge is -2.22. The standard InChI is InChI=1S/C17H23N3S/c1-2-7-14(6-1)20-16(11-13-5-4-10-21-12-13)19-15-8-3-9-18-17(15)20/h3,8-9,13-14H,1-2,4-7,10-12H2. The van der Waals surface area contributed by atoms with E-state index in [0.29, 0.717) is 6.04 Å². The van der Waals surface area contributed by atoms with Crippen molar-refractivity contribution in [2.45, 2.75) is 51.0 Å². The molecule has 1 unspecified atom stereocenters. The molecule has 0 bridgehead atoms. The molecule has 2 aromatic heterocycles. The number of hydrogen-bond donors (Lipinski definition) is 0. The maximum atomic E-state index is 4.94. The molecule has 0 aromatic carbocycles. The van der Waals surface area contributed by atoms with Crippen molar-refractivity contribution >= 4 is 22.9 Å². The molecular formula is C17H23N3S. The second-order valence-electron chi connectivity index (χ2n) is 6.47. The molecule has 4 rings (SSSR count). The third-order valence-electron chi connectivity index (χ3n) is 4.94. The molecule has 0 spiro atoms. The van der Waals surface area contributed by atoms with Gasteiger partial charge in [-0.2, -0.15) is 11.8 Å². The third kappa shape index (κ3) is 2.70. The molecule has 112 valence electrons. The van der Waals surface area contributed by atoms with Crippen LogP contribution in [0.5, 0.6) is 0 Å². The molecular weight excluding hydrogens is 278 g/mol. The number of pyridine rings is 1. The number of fused-ring (bicyclic) bond motifs is 1. The first-order chi connectivity index (χ1) is 10.4. The van der Waals surface area contributed by atoms with Gasteiger partial charge in [0.25, 0.3) is 0 Å². The van der Waals surface area contributed by atoms with Crippen molar-refractivity contribution < 1.29 is 0 Å². The molecule has 3 heterocycles. The van der Waals surface area contributed by atoms with Crippen molar-refractivity contribution in [3.63, 3.8) is 0 Å². The minimum absolute atomic E-state index is 0.635. The summed E-state index contributed by atoms with van der Waals surface area (Å²) in [5.41, 5.74) is 2.20. The Hall–Kier alpha value is -1.03. The van der Waals surface area contributed by atoms with Crippen LogP contribution < -0.4 is 0 Å².